The molecule has 1 N–H and O–H groups in total. The first-order valence-electron chi connectivity index (χ1n) is 7.52. The number of rotatable bonds is 12. The highest BCUT2D eigenvalue weighted by atomic mass is 28.4. The molecule has 0 aromatic rings. The Balaban J connectivity index is 4.50. The highest BCUT2D eigenvalue weighted by Crippen LogP contribution is 2.25. The molecule has 20 heavy (non-hydrogen) atoms. The van der Waals surface area contributed by atoms with Crippen LogP contribution in [-0.4, -0.2) is 35.2 Å². The molecule has 0 fully saturated rings. The average Bonchev–Trinajstić information content (AvgIpc) is 2.37. The molecule has 0 aromatic carbocycles. The fourth-order valence-electron chi connectivity index (χ4n) is 2.44. The van der Waals surface area contributed by atoms with Gasteiger partial charge in [0.25, 0.3) is 5.39 Å². The molecule has 118 valence electrons. The van der Waals surface area contributed by atoms with E-state index in [1.165, 1.54) is 0 Å². The molecule has 0 aliphatic heterocycles. The maximum Gasteiger partial charge on any atom is 0.501 e. The van der Waals surface area contributed by atoms with Crippen LogP contribution in [0.3, 0.4) is 0 Å². The second-order valence-corrected chi connectivity index (χ2v) is 7.73. The molecule has 2 unspecified atom stereocenters. The molecule has 0 rings (SSSR count). The van der Waals surface area contributed by atoms with Crippen LogP contribution < -0.4 is 5.43 Å². The second-order valence-electron chi connectivity index (χ2n) is 5.09. The van der Waals surface area contributed by atoms with E-state index in [0.29, 0.717) is 38.2 Å². The topological polar surface area (TPSA) is 67.9 Å². The van der Waals surface area contributed by atoms with Crippen molar-refractivity contribution in [1.82, 2.24) is 5.43 Å². The standard InChI is InChI=1S/C13H30N3O3Si/c1-6-17-20(18-7-2,19-8-3)11-13(5)9-12(4)10-15-16-14/h12-13,15H,6-11H2,1-5H3/q+1. The minimum atomic E-state index is -2.55. The number of nitrogens with one attached hydrogen (secondary N) is 1. The highest BCUT2D eigenvalue weighted by molar-refractivity contribution is 6.60. The Morgan fingerprint density at radius 1 is 1.00 bits per heavy atom. The summed E-state index contributed by atoms with van der Waals surface area (Å²) in [5, 5.41) is 11.3. The van der Waals surface area contributed by atoms with Crippen molar-refractivity contribution in [2.24, 2.45) is 11.8 Å². The van der Waals surface area contributed by atoms with Gasteiger partial charge in [0.2, 0.25) is 0 Å². The fourth-order valence-corrected chi connectivity index (χ4v) is 5.38. The molecule has 7 heteroatoms. The van der Waals surface area contributed by atoms with Gasteiger partial charge in [0.1, 0.15) is 0 Å². The molecule has 0 aliphatic rings. The number of nitrogens with zero attached hydrogens (tertiary/aromatic N) is 2. The van der Waals surface area contributed by atoms with Crippen LogP contribution >= 0.6 is 0 Å². The lowest BCUT2D eigenvalue weighted by molar-refractivity contribution is 0.0667. The molecule has 6 nitrogen and oxygen atoms in total. The van der Waals surface area contributed by atoms with Gasteiger partial charge in [-0.05, 0) is 44.5 Å². The molecule has 0 spiro atoms. The highest BCUT2D eigenvalue weighted by Gasteiger charge is 2.41. The maximum absolute atomic E-state index is 8.41. The molecule has 2 atom stereocenters. The average molecular weight is 304 g/mol. The predicted molar refractivity (Wildman–Crippen MR) is 81.5 cm³/mol. The number of hydrogen-bond acceptors (Lipinski definition) is 5. The molecule has 0 heterocycles. The molecule has 0 amide bonds. The number of diazo groups is 1. The van der Waals surface area contributed by atoms with Gasteiger partial charge in [-0.1, -0.05) is 13.8 Å². The summed E-state index contributed by atoms with van der Waals surface area (Å²) in [7, 11) is -2.55. The Bertz CT molecular complexity index is 270. The first kappa shape index (κ1) is 19.3. The molecule has 0 saturated carbocycles. The molecule has 0 bridgehead atoms. The number of hydrogen-bond donors (Lipinski definition) is 1. The second kappa shape index (κ2) is 11.0. The van der Waals surface area contributed by atoms with Crippen LogP contribution in [-0.2, 0) is 13.3 Å². The Kier molecular flexibility index (Phi) is 10.7. The summed E-state index contributed by atoms with van der Waals surface area (Å²) in [4.78, 5) is 0. The van der Waals surface area contributed by atoms with Crippen LogP contribution in [0.25, 0.3) is 5.08 Å². The van der Waals surface area contributed by atoms with Crippen LogP contribution in [0.4, 0.5) is 0 Å². The quantitative estimate of drug-likeness (QED) is 0.341. The third-order valence-corrected chi connectivity index (χ3v) is 6.39. The van der Waals surface area contributed by atoms with E-state index in [9.17, 15) is 0 Å². The van der Waals surface area contributed by atoms with Crippen molar-refractivity contribution in [3.05, 3.63) is 5.08 Å². The summed E-state index contributed by atoms with van der Waals surface area (Å²) in [6.07, 6.45) is 1.00. The van der Waals surface area contributed by atoms with Crippen molar-refractivity contribution < 1.29 is 13.3 Å². The van der Waals surface area contributed by atoms with E-state index in [2.05, 4.69) is 24.4 Å². The Hall–Kier alpha value is -0.683. The summed E-state index contributed by atoms with van der Waals surface area (Å²) in [5.74, 6) is 0.847. The van der Waals surface area contributed by atoms with Crippen molar-refractivity contribution in [2.45, 2.75) is 47.1 Å². The zero-order chi connectivity index (χ0) is 15.4. The zero-order valence-corrected chi connectivity index (χ0v) is 14.5. The van der Waals surface area contributed by atoms with Gasteiger partial charge < -0.3 is 13.3 Å². The van der Waals surface area contributed by atoms with E-state index in [4.69, 9.17) is 18.7 Å². The van der Waals surface area contributed by atoms with E-state index in [0.717, 1.165) is 12.5 Å². The Morgan fingerprint density at radius 3 is 1.90 bits per heavy atom. The minimum absolute atomic E-state index is 0.414. The Morgan fingerprint density at radius 2 is 1.50 bits per heavy atom. The van der Waals surface area contributed by atoms with Crippen molar-refractivity contribution in [3.63, 3.8) is 0 Å². The smallest absolute Gasteiger partial charge is 0.374 e. The lowest BCUT2D eigenvalue weighted by Gasteiger charge is -2.31. The van der Waals surface area contributed by atoms with Crippen LogP contribution in [0.5, 0.6) is 0 Å². The molecule has 0 radical (unpaired) electrons. The van der Waals surface area contributed by atoms with Gasteiger partial charge in [-0.3, -0.25) is 0 Å². The summed E-state index contributed by atoms with van der Waals surface area (Å²) < 4.78 is 17.6. The molecule has 0 saturated heterocycles. The van der Waals surface area contributed by atoms with Gasteiger partial charge in [0, 0.05) is 25.9 Å². The summed E-state index contributed by atoms with van der Waals surface area (Å²) in [6, 6.07) is 0.823. The molecular formula is C13H30N3O3Si+. The third-order valence-electron chi connectivity index (χ3n) is 3.01. The van der Waals surface area contributed by atoms with E-state index in [1.807, 2.05) is 20.8 Å². The van der Waals surface area contributed by atoms with Crippen molar-refractivity contribution >= 4 is 8.80 Å². The Labute approximate surface area is 124 Å². The molecule has 0 aromatic heterocycles. The van der Waals surface area contributed by atoms with Crippen molar-refractivity contribution in [3.8, 4) is 0 Å². The van der Waals surface area contributed by atoms with Gasteiger partial charge in [0.05, 0.1) is 6.54 Å². The SMILES string of the molecule is CCO[Si](CC(C)CC(C)CN[N+]#N)(OCC)OCC. The van der Waals surface area contributed by atoms with E-state index in [1.54, 1.807) is 0 Å². The lowest BCUT2D eigenvalue weighted by atomic mass is 9.99. The monoisotopic (exact) mass is 304 g/mol. The first-order valence-corrected chi connectivity index (χ1v) is 9.45. The van der Waals surface area contributed by atoms with Gasteiger partial charge >= 0.3 is 13.9 Å². The van der Waals surface area contributed by atoms with E-state index in [-0.39, 0.29) is 0 Å². The largest absolute Gasteiger partial charge is 0.501 e. The van der Waals surface area contributed by atoms with E-state index < -0.39 is 8.80 Å². The van der Waals surface area contributed by atoms with Crippen LogP contribution in [0.2, 0.25) is 6.04 Å². The molecule has 0 aliphatic carbocycles. The minimum Gasteiger partial charge on any atom is -0.374 e. The van der Waals surface area contributed by atoms with Crippen LogP contribution in [0.1, 0.15) is 41.0 Å². The van der Waals surface area contributed by atoms with Gasteiger partial charge in [0.15, 0.2) is 0 Å². The fraction of sp³-hybridized carbons (Fsp3) is 1.00. The van der Waals surface area contributed by atoms with Crippen LogP contribution in [0, 0.1) is 17.2 Å². The first-order chi connectivity index (χ1) is 9.53. The van der Waals surface area contributed by atoms with Crippen molar-refractivity contribution in [1.29, 1.82) is 5.39 Å². The normalized spacial score (nSPS) is 14.6. The zero-order valence-electron chi connectivity index (χ0n) is 13.5. The maximum atomic E-state index is 8.41. The van der Waals surface area contributed by atoms with E-state index >= 15 is 0 Å². The predicted octanol–water partition coefficient (Wildman–Crippen LogP) is 3.05. The summed E-state index contributed by atoms with van der Waals surface area (Å²) >= 11 is 0. The summed E-state index contributed by atoms with van der Waals surface area (Å²) in [5.41, 5.74) is 2.59. The van der Waals surface area contributed by atoms with Gasteiger partial charge in [-0.15, -0.1) is 0 Å². The van der Waals surface area contributed by atoms with Crippen LogP contribution in [0.15, 0.2) is 0 Å². The van der Waals surface area contributed by atoms with Gasteiger partial charge in [-0.2, -0.15) is 0 Å². The molecular weight excluding hydrogens is 274 g/mol. The summed E-state index contributed by atoms with van der Waals surface area (Å²) in [6.45, 7) is 12.7. The lowest BCUT2D eigenvalue weighted by Crippen LogP contribution is -2.47. The van der Waals surface area contributed by atoms with Crippen molar-refractivity contribution in [2.75, 3.05) is 26.4 Å². The van der Waals surface area contributed by atoms with Gasteiger partial charge in [-0.25, -0.2) is 0 Å². The third kappa shape index (κ3) is 7.80.